The molecule has 0 amide bonds. The van der Waals surface area contributed by atoms with Crippen LogP contribution in [0, 0.1) is 0 Å². The summed E-state index contributed by atoms with van der Waals surface area (Å²) in [5, 5.41) is 6.67. The summed E-state index contributed by atoms with van der Waals surface area (Å²) in [7, 11) is 1.70. The zero-order valence-electron chi connectivity index (χ0n) is 18.7. The number of guanidine groups is 1. The smallest absolute Gasteiger partial charge is 0.196 e. The van der Waals surface area contributed by atoms with E-state index in [2.05, 4.69) is 51.4 Å². The molecule has 2 N–H and O–H groups in total. The van der Waals surface area contributed by atoms with Crippen molar-refractivity contribution in [2.45, 2.75) is 26.4 Å². The first-order valence-corrected chi connectivity index (χ1v) is 10.6. The Bertz CT molecular complexity index is 947. The van der Waals surface area contributed by atoms with Crippen LogP contribution in [-0.4, -0.2) is 42.4 Å². The normalized spacial score (nSPS) is 11.0. The summed E-state index contributed by atoms with van der Waals surface area (Å²) in [5.41, 5.74) is 3.31. The first-order valence-electron chi connectivity index (χ1n) is 10.6. The summed E-state index contributed by atoms with van der Waals surface area (Å²) in [6.45, 7) is 5.53. The first kappa shape index (κ1) is 25.7. The van der Waals surface area contributed by atoms with Crippen molar-refractivity contribution in [3.63, 3.8) is 0 Å². The summed E-state index contributed by atoms with van der Waals surface area (Å²) in [6.07, 6.45) is 6.45. The van der Waals surface area contributed by atoms with E-state index in [4.69, 9.17) is 14.5 Å². The van der Waals surface area contributed by atoms with Crippen molar-refractivity contribution in [1.82, 2.24) is 14.9 Å². The second-order valence-electron chi connectivity index (χ2n) is 7.10. The molecule has 3 aromatic rings. The number of aromatic nitrogens is 2. The minimum absolute atomic E-state index is 0. The summed E-state index contributed by atoms with van der Waals surface area (Å²) >= 11 is 0. The van der Waals surface area contributed by atoms with Crippen LogP contribution in [0.2, 0.25) is 0 Å². The number of hydrogen-bond acceptors (Lipinski definition) is 4. The lowest BCUT2D eigenvalue weighted by molar-refractivity contribution is 0.172. The van der Waals surface area contributed by atoms with Crippen LogP contribution in [0.3, 0.4) is 0 Å². The van der Waals surface area contributed by atoms with E-state index in [9.17, 15) is 0 Å². The molecule has 8 heteroatoms. The predicted octanol–water partition coefficient (Wildman–Crippen LogP) is 4.54. The third-order valence-electron chi connectivity index (χ3n) is 4.54. The summed E-state index contributed by atoms with van der Waals surface area (Å²) < 4.78 is 12.9. The molecule has 0 saturated carbocycles. The molecule has 3 rings (SSSR count). The average molecular weight is 549 g/mol. The Morgan fingerprint density at radius 1 is 1.09 bits per heavy atom. The number of hydrogen-bond donors (Lipinski definition) is 2. The van der Waals surface area contributed by atoms with Crippen molar-refractivity contribution in [3.05, 3.63) is 78.4 Å². The van der Waals surface area contributed by atoms with Gasteiger partial charge in [-0.15, -0.1) is 24.0 Å². The van der Waals surface area contributed by atoms with Gasteiger partial charge in [0, 0.05) is 57.4 Å². The minimum atomic E-state index is 0. The number of halogens is 1. The monoisotopic (exact) mass is 549 g/mol. The number of benzene rings is 2. The van der Waals surface area contributed by atoms with Crippen LogP contribution in [0.4, 0.5) is 5.69 Å². The lowest BCUT2D eigenvalue weighted by Crippen LogP contribution is -2.30. The van der Waals surface area contributed by atoms with E-state index in [-0.39, 0.29) is 24.0 Å². The maximum absolute atomic E-state index is 5.79. The van der Waals surface area contributed by atoms with Gasteiger partial charge in [0.2, 0.25) is 0 Å². The molecule has 172 valence electrons. The summed E-state index contributed by atoms with van der Waals surface area (Å²) in [6, 6.07) is 16.4. The van der Waals surface area contributed by atoms with Crippen LogP contribution in [-0.2, 0) is 17.8 Å². The molecule has 0 radical (unpaired) electrons. The Morgan fingerprint density at radius 3 is 2.72 bits per heavy atom. The Hall–Kier alpha value is -2.59. The fourth-order valence-electron chi connectivity index (χ4n) is 3.09. The van der Waals surface area contributed by atoms with Crippen LogP contribution in [0.15, 0.2) is 72.2 Å². The molecule has 0 atom stereocenters. The fourth-order valence-corrected chi connectivity index (χ4v) is 3.09. The molecule has 1 aromatic heterocycles. The highest BCUT2D eigenvalue weighted by Crippen LogP contribution is 2.17. The standard InChI is InChI=1S/C24H31N5O2.HI/c1-3-26-24(28-22-9-5-10-23(16-22)31-14-6-13-30-2)27-17-20-7-4-8-21(15-20)18-29-12-11-25-19-29;/h4-5,7-12,15-16,19H,3,6,13-14,17-18H2,1-2H3,(H2,26,27,28);1H. The molecule has 0 unspecified atom stereocenters. The second-order valence-corrected chi connectivity index (χ2v) is 7.10. The number of ether oxygens (including phenoxy) is 2. The van der Waals surface area contributed by atoms with Crippen LogP contribution in [0.1, 0.15) is 24.5 Å². The van der Waals surface area contributed by atoms with Crippen molar-refractivity contribution >= 4 is 35.6 Å². The van der Waals surface area contributed by atoms with E-state index in [0.717, 1.165) is 42.5 Å². The Morgan fingerprint density at radius 2 is 1.94 bits per heavy atom. The van der Waals surface area contributed by atoms with Gasteiger partial charge >= 0.3 is 0 Å². The maximum Gasteiger partial charge on any atom is 0.196 e. The third kappa shape index (κ3) is 8.88. The van der Waals surface area contributed by atoms with Crippen molar-refractivity contribution in [2.75, 3.05) is 32.2 Å². The molecular weight excluding hydrogens is 517 g/mol. The molecule has 32 heavy (non-hydrogen) atoms. The minimum Gasteiger partial charge on any atom is -0.493 e. The van der Waals surface area contributed by atoms with Crippen LogP contribution < -0.4 is 15.4 Å². The summed E-state index contributed by atoms with van der Waals surface area (Å²) in [4.78, 5) is 8.85. The van der Waals surface area contributed by atoms with Gasteiger partial charge in [-0.3, -0.25) is 0 Å². The average Bonchev–Trinajstić information content (AvgIpc) is 3.29. The zero-order chi connectivity index (χ0) is 21.7. The van der Waals surface area contributed by atoms with Gasteiger partial charge in [0.1, 0.15) is 5.75 Å². The van der Waals surface area contributed by atoms with Gasteiger partial charge in [0.15, 0.2) is 5.96 Å². The van der Waals surface area contributed by atoms with Gasteiger partial charge in [-0.05, 0) is 30.2 Å². The largest absolute Gasteiger partial charge is 0.493 e. The Balaban J connectivity index is 0.00000363. The van der Waals surface area contributed by atoms with Gasteiger partial charge in [0.25, 0.3) is 0 Å². The highest BCUT2D eigenvalue weighted by Gasteiger charge is 2.03. The van der Waals surface area contributed by atoms with Crippen molar-refractivity contribution < 1.29 is 9.47 Å². The van der Waals surface area contributed by atoms with Crippen molar-refractivity contribution in [2.24, 2.45) is 4.99 Å². The number of nitrogens with one attached hydrogen (secondary N) is 2. The van der Waals surface area contributed by atoms with Crippen LogP contribution in [0.25, 0.3) is 0 Å². The maximum atomic E-state index is 5.79. The lowest BCUT2D eigenvalue weighted by Gasteiger charge is -2.13. The van der Waals surface area contributed by atoms with Crippen LogP contribution >= 0.6 is 24.0 Å². The van der Waals surface area contributed by atoms with Gasteiger partial charge in [-0.25, -0.2) is 9.98 Å². The summed E-state index contributed by atoms with van der Waals surface area (Å²) in [5.74, 6) is 1.56. The van der Waals surface area contributed by atoms with E-state index >= 15 is 0 Å². The van der Waals surface area contributed by atoms with E-state index < -0.39 is 0 Å². The van der Waals surface area contributed by atoms with Gasteiger partial charge < -0.3 is 24.7 Å². The van der Waals surface area contributed by atoms with Crippen molar-refractivity contribution in [1.29, 1.82) is 0 Å². The van der Waals surface area contributed by atoms with Gasteiger partial charge in [-0.2, -0.15) is 0 Å². The molecule has 0 spiro atoms. The molecule has 0 saturated heterocycles. The van der Waals surface area contributed by atoms with Crippen molar-refractivity contribution in [3.8, 4) is 5.75 Å². The fraction of sp³-hybridized carbons (Fsp3) is 0.333. The number of nitrogens with zero attached hydrogens (tertiary/aromatic N) is 3. The van der Waals surface area contributed by atoms with E-state index in [0.29, 0.717) is 19.8 Å². The number of anilines is 1. The molecule has 0 fully saturated rings. The van der Waals surface area contributed by atoms with E-state index in [1.54, 1.807) is 13.3 Å². The molecule has 0 aliphatic rings. The van der Waals surface area contributed by atoms with E-state index in [1.807, 2.05) is 36.8 Å². The number of aliphatic imine (C=N–C) groups is 1. The number of methoxy groups -OCH3 is 1. The Labute approximate surface area is 207 Å². The third-order valence-corrected chi connectivity index (χ3v) is 4.54. The Kier molecular flexibility index (Phi) is 11.6. The number of imidazole rings is 1. The first-order chi connectivity index (χ1) is 15.3. The lowest BCUT2D eigenvalue weighted by atomic mass is 10.1. The molecule has 1 heterocycles. The second kappa shape index (κ2) is 14.5. The predicted molar refractivity (Wildman–Crippen MR) is 140 cm³/mol. The SMILES string of the molecule is CCNC(=NCc1cccc(Cn2ccnc2)c1)Nc1cccc(OCCCOC)c1.I. The molecule has 7 nitrogen and oxygen atoms in total. The molecule has 0 aliphatic heterocycles. The quantitative estimate of drug-likeness (QED) is 0.159. The van der Waals surface area contributed by atoms with E-state index in [1.165, 1.54) is 5.56 Å². The molecule has 2 aromatic carbocycles. The highest BCUT2D eigenvalue weighted by molar-refractivity contribution is 14.0. The topological polar surface area (TPSA) is 72.7 Å². The zero-order valence-corrected chi connectivity index (χ0v) is 21.0. The molecule has 0 aliphatic carbocycles. The highest BCUT2D eigenvalue weighted by atomic mass is 127. The van der Waals surface area contributed by atoms with Crippen LogP contribution in [0.5, 0.6) is 5.75 Å². The van der Waals surface area contributed by atoms with Gasteiger partial charge in [-0.1, -0.05) is 30.3 Å². The van der Waals surface area contributed by atoms with Gasteiger partial charge in [0.05, 0.1) is 19.5 Å². The number of rotatable bonds is 11. The molecule has 0 bridgehead atoms. The molecular formula is C24H32IN5O2.